The lowest BCUT2D eigenvalue weighted by Gasteiger charge is -2.11. The van der Waals surface area contributed by atoms with E-state index in [0.29, 0.717) is 5.92 Å². The topological polar surface area (TPSA) is 70.1 Å². The quantitative estimate of drug-likeness (QED) is 0.630. The first-order valence-corrected chi connectivity index (χ1v) is 6.06. The third kappa shape index (κ3) is 5.49. The van der Waals surface area contributed by atoms with Crippen LogP contribution in [0.4, 0.5) is 11.6 Å². The highest BCUT2D eigenvalue weighted by Gasteiger charge is 2.02. The Hall–Kier alpha value is -1.36. The fraction of sp³-hybridized carbons (Fsp3) is 0.667. The second kappa shape index (κ2) is 7.06. The standard InChI is InChI=1S/C12H22N4O/c1-9(2)8-14-12-7-11(13-5-4-6-17)15-10(3)16-12/h7,9,17H,4-6,8H2,1-3H3,(H2,13,14,15,16). The molecule has 0 aliphatic heterocycles. The van der Waals surface area contributed by atoms with E-state index in [-0.39, 0.29) is 6.61 Å². The SMILES string of the molecule is Cc1nc(NCCCO)cc(NCC(C)C)n1. The maximum absolute atomic E-state index is 8.71. The van der Waals surface area contributed by atoms with Gasteiger partial charge in [0, 0.05) is 25.8 Å². The molecule has 0 aromatic carbocycles. The molecule has 1 aromatic heterocycles. The molecule has 1 aromatic rings. The number of hydrogen-bond donors (Lipinski definition) is 3. The molecule has 0 aliphatic rings. The minimum absolute atomic E-state index is 0.190. The minimum atomic E-state index is 0.190. The number of aryl methyl sites for hydroxylation is 1. The van der Waals surface area contributed by atoms with E-state index in [1.807, 2.05) is 13.0 Å². The van der Waals surface area contributed by atoms with Gasteiger partial charge in [-0.25, -0.2) is 9.97 Å². The van der Waals surface area contributed by atoms with Gasteiger partial charge in [-0.05, 0) is 19.3 Å². The van der Waals surface area contributed by atoms with Crippen molar-refractivity contribution in [3.05, 3.63) is 11.9 Å². The first-order valence-electron chi connectivity index (χ1n) is 6.06. The first-order chi connectivity index (χ1) is 8.11. The summed E-state index contributed by atoms with van der Waals surface area (Å²) >= 11 is 0. The summed E-state index contributed by atoms with van der Waals surface area (Å²) < 4.78 is 0. The fourth-order valence-corrected chi connectivity index (χ4v) is 1.35. The van der Waals surface area contributed by atoms with Crippen molar-refractivity contribution in [2.45, 2.75) is 27.2 Å². The molecule has 5 nitrogen and oxygen atoms in total. The molecular formula is C12H22N4O. The molecule has 0 atom stereocenters. The third-order valence-corrected chi connectivity index (χ3v) is 2.17. The Balaban J connectivity index is 2.59. The monoisotopic (exact) mass is 238 g/mol. The molecule has 0 fully saturated rings. The van der Waals surface area contributed by atoms with Gasteiger partial charge in [-0.2, -0.15) is 0 Å². The normalized spacial score (nSPS) is 10.6. The van der Waals surface area contributed by atoms with E-state index in [9.17, 15) is 0 Å². The van der Waals surface area contributed by atoms with Gasteiger partial charge in [-0.15, -0.1) is 0 Å². The summed E-state index contributed by atoms with van der Waals surface area (Å²) in [7, 11) is 0. The van der Waals surface area contributed by atoms with E-state index >= 15 is 0 Å². The summed E-state index contributed by atoms with van der Waals surface area (Å²) in [6.07, 6.45) is 0.720. The van der Waals surface area contributed by atoms with E-state index in [1.165, 1.54) is 0 Å². The van der Waals surface area contributed by atoms with Crippen LogP contribution < -0.4 is 10.6 Å². The van der Waals surface area contributed by atoms with E-state index < -0.39 is 0 Å². The van der Waals surface area contributed by atoms with Crippen LogP contribution in [0.25, 0.3) is 0 Å². The zero-order valence-corrected chi connectivity index (χ0v) is 10.8. The third-order valence-electron chi connectivity index (χ3n) is 2.17. The van der Waals surface area contributed by atoms with Crippen molar-refractivity contribution < 1.29 is 5.11 Å². The number of aliphatic hydroxyl groups excluding tert-OH is 1. The lowest BCUT2D eigenvalue weighted by atomic mass is 10.2. The summed E-state index contributed by atoms with van der Waals surface area (Å²) in [6.45, 7) is 7.99. The molecule has 0 spiro atoms. The maximum atomic E-state index is 8.71. The van der Waals surface area contributed by atoms with Crippen molar-refractivity contribution in [1.29, 1.82) is 0 Å². The summed E-state index contributed by atoms with van der Waals surface area (Å²) in [5.41, 5.74) is 0. The lowest BCUT2D eigenvalue weighted by molar-refractivity contribution is 0.292. The van der Waals surface area contributed by atoms with Crippen molar-refractivity contribution in [2.75, 3.05) is 30.3 Å². The number of hydrogen-bond acceptors (Lipinski definition) is 5. The number of aromatic nitrogens is 2. The highest BCUT2D eigenvalue weighted by Crippen LogP contribution is 2.11. The molecule has 0 saturated heterocycles. The van der Waals surface area contributed by atoms with Crippen LogP contribution in [0.2, 0.25) is 0 Å². The molecule has 0 aliphatic carbocycles. The number of nitrogens with zero attached hydrogens (tertiary/aromatic N) is 2. The van der Waals surface area contributed by atoms with Crippen LogP contribution in [-0.4, -0.2) is 34.8 Å². The molecule has 0 unspecified atom stereocenters. The number of anilines is 2. The van der Waals surface area contributed by atoms with E-state index in [1.54, 1.807) is 0 Å². The average Bonchev–Trinajstić information content (AvgIpc) is 2.26. The van der Waals surface area contributed by atoms with Gasteiger partial charge in [0.2, 0.25) is 0 Å². The molecule has 0 saturated carbocycles. The van der Waals surface area contributed by atoms with E-state index in [4.69, 9.17) is 5.11 Å². The van der Waals surface area contributed by atoms with Crippen LogP contribution in [0.3, 0.4) is 0 Å². The maximum Gasteiger partial charge on any atom is 0.131 e. The van der Waals surface area contributed by atoms with Gasteiger partial charge < -0.3 is 15.7 Å². The summed E-state index contributed by atoms with van der Waals surface area (Å²) in [4.78, 5) is 8.61. The molecule has 0 radical (unpaired) electrons. The van der Waals surface area contributed by atoms with Gasteiger partial charge in [0.05, 0.1) is 0 Å². The van der Waals surface area contributed by atoms with Gasteiger partial charge in [0.25, 0.3) is 0 Å². The molecule has 5 heteroatoms. The molecular weight excluding hydrogens is 216 g/mol. The van der Waals surface area contributed by atoms with Gasteiger partial charge in [-0.3, -0.25) is 0 Å². The Kier molecular flexibility index (Phi) is 5.69. The van der Waals surface area contributed by atoms with Crippen LogP contribution in [-0.2, 0) is 0 Å². The zero-order valence-electron chi connectivity index (χ0n) is 10.8. The summed E-state index contributed by atoms with van der Waals surface area (Å²) in [6, 6.07) is 1.90. The van der Waals surface area contributed by atoms with Crippen molar-refractivity contribution in [1.82, 2.24) is 9.97 Å². The van der Waals surface area contributed by atoms with E-state index in [0.717, 1.165) is 37.0 Å². The van der Waals surface area contributed by atoms with Gasteiger partial charge in [0.1, 0.15) is 17.5 Å². The Morgan fingerprint density at radius 1 is 1.24 bits per heavy atom. The van der Waals surface area contributed by atoms with Crippen LogP contribution >= 0.6 is 0 Å². The molecule has 1 heterocycles. The van der Waals surface area contributed by atoms with Crippen LogP contribution in [0, 0.1) is 12.8 Å². The molecule has 17 heavy (non-hydrogen) atoms. The van der Waals surface area contributed by atoms with Crippen LogP contribution in [0.5, 0.6) is 0 Å². The van der Waals surface area contributed by atoms with Gasteiger partial charge in [0.15, 0.2) is 0 Å². The predicted molar refractivity (Wildman–Crippen MR) is 70.3 cm³/mol. The smallest absolute Gasteiger partial charge is 0.131 e. The number of rotatable bonds is 7. The van der Waals surface area contributed by atoms with Crippen LogP contribution in [0.15, 0.2) is 6.07 Å². The lowest BCUT2D eigenvalue weighted by Crippen LogP contribution is -2.12. The highest BCUT2D eigenvalue weighted by atomic mass is 16.3. The Labute approximate surface area is 103 Å². The Bertz CT molecular complexity index is 341. The second-order valence-electron chi connectivity index (χ2n) is 4.46. The zero-order chi connectivity index (χ0) is 12.7. The van der Waals surface area contributed by atoms with Crippen LogP contribution in [0.1, 0.15) is 26.1 Å². The highest BCUT2D eigenvalue weighted by molar-refractivity contribution is 5.47. The first kappa shape index (κ1) is 13.7. The molecule has 1 rings (SSSR count). The second-order valence-corrected chi connectivity index (χ2v) is 4.46. The van der Waals surface area contributed by atoms with Crippen molar-refractivity contribution in [3.8, 4) is 0 Å². The molecule has 0 bridgehead atoms. The van der Waals surface area contributed by atoms with E-state index in [2.05, 4.69) is 34.4 Å². The largest absolute Gasteiger partial charge is 0.396 e. The van der Waals surface area contributed by atoms with Crippen molar-refractivity contribution in [2.24, 2.45) is 5.92 Å². The number of nitrogens with one attached hydrogen (secondary N) is 2. The van der Waals surface area contributed by atoms with Crippen molar-refractivity contribution >= 4 is 11.6 Å². The fourth-order valence-electron chi connectivity index (χ4n) is 1.35. The molecule has 0 amide bonds. The Morgan fingerprint density at radius 3 is 2.47 bits per heavy atom. The van der Waals surface area contributed by atoms with Gasteiger partial charge in [-0.1, -0.05) is 13.8 Å². The summed E-state index contributed by atoms with van der Waals surface area (Å²) in [5, 5.41) is 15.2. The molecule has 96 valence electrons. The minimum Gasteiger partial charge on any atom is -0.396 e. The molecule has 3 N–H and O–H groups in total. The Morgan fingerprint density at radius 2 is 1.88 bits per heavy atom. The van der Waals surface area contributed by atoms with Gasteiger partial charge >= 0.3 is 0 Å². The summed E-state index contributed by atoms with van der Waals surface area (Å²) in [5.74, 6) is 2.97. The number of aliphatic hydroxyl groups is 1. The van der Waals surface area contributed by atoms with Crippen molar-refractivity contribution in [3.63, 3.8) is 0 Å². The average molecular weight is 238 g/mol. The predicted octanol–water partition coefficient (Wildman–Crippen LogP) is 1.65.